The first-order valence-corrected chi connectivity index (χ1v) is 12.6. The SMILES string of the molecule is CCC(C)C(NC(=O)c1ccc(CS(=O)(=O)c2ccccc2)cc1)c1nc2ccccc2[nH]1. The van der Waals surface area contributed by atoms with Crippen molar-refractivity contribution in [1.82, 2.24) is 15.3 Å². The molecule has 0 aliphatic rings. The molecule has 1 heterocycles. The van der Waals surface area contributed by atoms with Gasteiger partial charge in [-0.15, -0.1) is 0 Å². The quantitative estimate of drug-likeness (QED) is 0.384. The molecule has 6 nitrogen and oxygen atoms in total. The minimum absolute atomic E-state index is 0.118. The number of amides is 1. The van der Waals surface area contributed by atoms with E-state index in [0.29, 0.717) is 11.1 Å². The van der Waals surface area contributed by atoms with Crippen molar-refractivity contribution in [2.45, 2.75) is 37.0 Å². The van der Waals surface area contributed by atoms with E-state index in [-0.39, 0.29) is 28.5 Å². The lowest BCUT2D eigenvalue weighted by atomic mass is 9.98. The van der Waals surface area contributed by atoms with Crippen LogP contribution in [-0.4, -0.2) is 24.3 Å². The first kappa shape index (κ1) is 22.7. The zero-order chi connectivity index (χ0) is 23.4. The van der Waals surface area contributed by atoms with Gasteiger partial charge in [0.15, 0.2) is 9.84 Å². The lowest BCUT2D eigenvalue weighted by Gasteiger charge is -2.22. The maximum atomic E-state index is 13.0. The number of para-hydroxylation sites is 2. The van der Waals surface area contributed by atoms with Gasteiger partial charge in [0.05, 0.1) is 27.7 Å². The molecule has 0 fully saturated rings. The van der Waals surface area contributed by atoms with Crippen LogP contribution in [0.2, 0.25) is 0 Å². The zero-order valence-corrected chi connectivity index (χ0v) is 19.5. The van der Waals surface area contributed by atoms with E-state index in [1.807, 2.05) is 24.3 Å². The Morgan fingerprint density at radius 2 is 1.64 bits per heavy atom. The molecule has 1 amide bonds. The standard InChI is InChI=1S/C26H27N3O3S/c1-3-18(2)24(25-27-22-11-7-8-12-23(22)28-25)29-26(30)20-15-13-19(14-16-20)17-33(31,32)21-9-5-4-6-10-21/h4-16,18,24H,3,17H2,1-2H3,(H,27,28)(H,29,30). The fraction of sp³-hybridized carbons (Fsp3) is 0.231. The van der Waals surface area contributed by atoms with Crippen LogP contribution in [0.15, 0.2) is 83.8 Å². The molecule has 170 valence electrons. The number of aromatic amines is 1. The molecule has 0 bridgehead atoms. The van der Waals surface area contributed by atoms with Crippen LogP contribution in [0.3, 0.4) is 0 Å². The molecular formula is C26H27N3O3S. The lowest BCUT2D eigenvalue weighted by molar-refractivity contribution is 0.0920. The summed E-state index contributed by atoms with van der Waals surface area (Å²) in [4.78, 5) is 21.3. The summed E-state index contributed by atoms with van der Waals surface area (Å²) in [5.41, 5.74) is 2.89. The summed E-state index contributed by atoms with van der Waals surface area (Å²) in [5.74, 6) is 0.556. The molecule has 0 aliphatic carbocycles. The molecule has 2 atom stereocenters. The predicted molar refractivity (Wildman–Crippen MR) is 130 cm³/mol. The topological polar surface area (TPSA) is 91.9 Å². The average molecular weight is 462 g/mol. The van der Waals surface area contributed by atoms with E-state index in [1.165, 1.54) is 0 Å². The van der Waals surface area contributed by atoms with Gasteiger partial charge >= 0.3 is 0 Å². The maximum absolute atomic E-state index is 13.0. The molecule has 0 aliphatic heterocycles. The van der Waals surface area contributed by atoms with Crippen molar-refractivity contribution in [3.63, 3.8) is 0 Å². The third-order valence-electron chi connectivity index (χ3n) is 5.88. The number of rotatable bonds is 8. The monoisotopic (exact) mass is 461 g/mol. The Morgan fingerprint density at radius 1 is 0.970 bits per heavy atom. The van der Waals surface area contributed by atoms with Crippen LogP contribution in [0.5, 0.6) is 0 Å². The van der Waals surface area contributed by atoms with Crippen LogP contribution in [0.4, 0.5) is 0 Å². The highest BCUT2D eigenvalue weighted by Gasteiger charge is 2.24. The van der Waals surface area contributed by atoms with Crippen molar-refractivity contribution < 1.29 is 13.2 Å². The van der Waals surface area contributed by atoms with Gasteiger partial charge in [-0.3, -0.25) is 4.79 Å². The Bertz CT molecular complexity index is 1310. The highest BCUT2D eigenvalue weighted by atomic mass is 32.2. The molecule has 0 saturated heterocycles. The summed E-state index contributed by atoms with van der Waals surface area (Å²) in [7, 11) is -3.44. The van der Waals surface area contributed by atoms with E-state index in [0.717, 1.165) is 23.3 Å². The Kier molecular flexibility index (Phi) is 6.60. The second-order valence-corrected chi connectivity index (χ2v) is 10.2. The summed E-state index contributed by atoms with van der Waals surface area (Å²) in [5, 5.41) is 3.10. The molecule has 2 N–H and O–H groups in total. The average Bonchev–Trinajstić information content (AvgIpc) is 3.26. The van der Waals surface area contributed by atoms with E-state index in [4.69, 9.17) is 0 Å². The number of sulfone groups is 1. The van der Waals surface area contributed by atoms with E-state index in [1.54, 1.807) is 54.6 Å². The molecule has 2 unspecified atom stereocenters. The highest BCUT2D eigenvalue weighted by Crippen LogP contribution is 2.25. The molecule has 4 aromatic rings. The molecule has 4 rings (SSSR count). The molecule has 33 heavy (non-hydrogen) atoms. The summed E-state index contributed by atoms with van der Waals surface area (Å²) in [6.45, 7) is 4.16. The van der Waals surface area contributed by atoms with E-state index < -0.39 is 9.84 Å². The Hall–Kier alpha value is -3.45. The zero-order valence-electron chi connectivity index (χ0n) is 18.7. The summed E-state index contributed by atoms with van der Waals surface area (Å²) < 4.78 is 25.2. The third kappa shape index (κ3) is 5.14. The van der Waals surface area contributed by atoms with Gasteiger partial charge < -0.3 is 10.3 Å². The normalized spacial score (nSPS) is 13.5. The van der Waals surface area contributed by atoms with Crippen LogP contribution >= 0.6 is 0 Å². The molecule has 3 aromatic carbocycles. The van der Waals surface area contributed by atoms with Gasteiger partial charge in [-0.1, -0.05) is 62.7 Å². The molecule has 0 saturated carbocycles. The van der Waals surface area contributed by atoms with Crippen molar-refractivity contribution in [3.8, 4) is 0 Å². The minimum Gasteiger partial charge on any atom is -0.342 e. The molecule has 0 radical (unpaired) electrons. The Morgan fingerprint density at radius 3 is 2.30 bits per heavy atom. The third-order valence-corrected chi connectivity index (χ3v) is 7.58. The number of nitrogens with one attached hydrogen (secondary N) is 2. The van der Waals surface area contributed by atoms with Crippen LogP contribution in [0, 0.1) is 5.92 Å². The number of hydrogen-bond donors (Lipinski definition) is 2. The van der Waals surface area contributed by atoms with Crippen LogP contribution in [-0.2, 0) is 15.6 Å². The van der Waals surface area contributed by atoms with Gasteiger partial charge in [0.2, 0.25) is 0 Å². The number of H-pyrrole nitrogens is 1. The number of hydrogen-bond acceptors (Lipinski definition) is 4. The van der Waals surface area contributed by atoms with E-state index in [9.17, 15) is 13.2 Å². The maximum Gasteiger partial charge on any atom is 0.251 e. The number of aromatic nitrogens is 2. The fourth-order valence-corrected chi connectivity index (χ4v) is 5.11. The van der Waals surface area contributed by atoms with E-state index >= 15 is 0 Å². The lowest BCUT2D eigenvalue weighted by Crippen LogP contribution is -2.33. The predicted octanol–water partition coefficient (Wildman–Crippen LogP) is 5.05. The van der Waals surface area contributed by atoms with Crippen molar-refractivity contribution >= 4 is 26.8 Å². The molecule has 7 heteroatoms. The van der Waals surface area contributed by atoms with Crippen molar-refractivity contribution in [1.29, 1.82) is 0 Å². The second kappa shape index (κ2) is 9.58. The van der Waals surface area contributed by atoms with Crippen LogP contribution in [0.1, 0.15) is 48.1 Å². The second-order valence-electron chi connectivity index (χ2n) is 8.24. The van der Waals surface area contributed by atoms with Crippen molar-refractivity contribution in [3.05, 3.63) is 95.8 Å². The largest absolute Gasteiger partial charge is 0.342 e. The first-order chi connectivity index (χ1) is 15.9. The smallest absolute Gasteiger partial charge is 0.251 e. The van der Waals surface area contributed by atoms with Crippen molar-refractivity contribution in [2.24, 2.45) is 5.92 Å². The van der Waals surface area contributed by atoms with Crippen molar-refractivity contribution in [2.75, 3.05) is 0 Å². The first-order valence-electron chi connectivity index (χ1n) is 11.0. The number of carbonyl (C=O) groups excluding carboxylic acids is 1. The molecule has 0 spiro atoms. The Balaban J connectivity index is 1.50. The summed E-state index contributed by atoms with van der Waals surface area (Å²) in [6.07, 6.45) is 0.873. The number of carbonyl (C=O) groups is 1. The van der Waals surface area contributed by atoms with Gasteiger partial charge in [-0.05, 0) is 47.9 Å². The molecular weight excluding hydrogens is 434 g/mol. The number of imidazole rings is 1. The van der Waals surface area contributed by atoms with Gasteiger partial charge in [-0.2, -0.15) is 0 Å². The minimum atomic E-state index is -3.44. The highest BCUT2D eigenvalue weighted by molar-refractivity contribution is 7.90. The fourth-order valence-electron chi connectivity index (χ4n) is 3.74. The Labute approximate surface area is 194 Å². The van der Waals surface area contributed by atoms with Gasteiger partial charge in [0, 0.05) is 5.56 Å². The van der Waals surface area contributed by atoms with Crippen LogP contribution < -0.4 is 5.32 Å². The van der Waals surface area contributed by atoms with Crippen LogP contribution in [0.25, 0.3) is 11.0 Å². The summed E-state index contributed by atoms with van der Waals surface area (Å²) in [6, 6.07) is 22.6. The van der Waals surface area contributed by atoms with Gasteiger partial charge in [0.25, 0.3) is 5.91 Å². The van der Waals surface area contributed by atoms with E-state index in [2.05, 4.69) is 29.1 Å². The summed E-state index contributed by atoms with van der Waals surface area (Å²) >= 11 is 0. The van der Waals surface area contributed by atoms with Gasteiger partial charge in [0.1, 0.15) is 5.82 Å². The number of fused-ring (bicyclic) bond motifs is 1. The molecule has 1 aromatic heterocycles. The number of benzene rings is 3. The number of nitrogens with zero attached hydrogens (tertiary/aromatic N) is 1. The van der Waals surface area contributed by atoms with Gasteiger partial charge in [-0.25, -0.2) is 13.4 Å².